The Morgan fingerprint density at radius 1 is 1.14 bits per heavy atom. The van der Waals surface area contributed by atoms with E-state index in [2.05, 4.69) is 31.2 Å². The number of para-hydroxylation sites is 1. The maximum absolute atomic E-state index is 13.3. The van der Waals surface area contributed by atoms with Gasteiger partial charge in [-0.2, -0.15) is 11.8 Å². The summed E-state index contributed by atoms with van der Waals surface area (Å²) in [6, 6.07) is 18.5. The van der Waals surface area contributed by atoms with Crippen molar-refractivity contribution >= 4 is 41.0 Å². The van der Waals surface area contributed by atoms with Crippen LogP contribution in [0.2, 0.25) is 0 Å². The summed E-state index contributed by atoms with van der Waals surface area (Å²) in [6.45, 7) is 3.43. The molecule has 4 rings (SSSR count). The summed E-state index contributed by atoms with van der Waals surface area (Å²) in [7, 11) is 0. The van der Waals surface area contributed by atoms with E-state index < -0.39 is 0 Å². The fourth-order valence-electron chi connectivity index (χ4n) is 3.99. The molecule has 6 heteroatoms. The first-order chi connectivity index (χ1) is 13.7. The van der Waals surface area contributed by atoms with Gasteiger partial charge in [-0.1, -0.05) is 48.5 Å². The predicted octanol–water partition coefficient (Wildman–Crippen LogP) is 5.10. The van der Waals surface area contributed by atoms with Crippen molar-refractivity contribution in [2.24, 2.45) is 11.7 Å². The first-order valence-electron chi connectivity index (χ1n) is 9.80. The molecule has 1 aliphatic heterocycles. The Balaban J connectivity index is 0.00000240. The zero-order valence-corrected chi connectivity index (χ0v) is 18.2. The van der Waals surface area contributed by atoms with Gasteiger partial charge in [0.2, 0.25) is 0 Å². The first kappa shape index (κ1) is 21.8. The van der Waals surface area contributed by atoms with Crippen molar-refractivity contribution in [1.29, 1.82) is 0 Å². The summed E-state index contributed by atoms with van der Waals surface area (Å²) in [5, 5.41) is 1.04. The molecule has 0 radical (unpaired) electrons. The van der Waals surface area contributed by atoms with Crippen LogP contribution in [-0.4, -0.2) is 29.9 Å². The predicted molar refractivity (Wildman–Crippen MR) is 123 cm³/mol. The number of carbonyl (C=O) groups excluding carboxylic acids is 1. The lowest BCUT2D eigenvalue weighted by atomic mass is 10.1. The van der Waals surface area contributed by atoms with E-state index in [1.165, 1.54) is 5.56 Å². The molecular formula is C23H27ClN2O2S. The Bertz CT molecular complexity index is 960. The second-order valence-electron chi connectivity index (χ2n) is 7.53. The molecule has 2 aromatic carbocycles. The van der Waals surface area contributed by atoms with Crippen LogP contribution in [0.1, 0.15) is 35.0 Å². The van der Waals surface area contributed by atoms with Crippen LogP contribution in [0.3, 0.4) is 0 Å². The van der Waals surface area contributed by atoms with Crippen LogP contribution in [0.4, 0.5) is 0 Å². The highest BCUT2D eigenvalue weighted by Crippen LogP contribution is 2.33. The fourth-order valence-corrected chi connectivity index (χ4v) is 5.01. The third-order valence-corrected chi connectivity index (χ3v) is 6.54. The number of nitrogens with two attached hydrogens (primary N) is 1. The smallest absolute Gasteiger partial charge is 0.290 e. The minimum atomic E-state index is -0.00467. The van der Waals surface area contributed by atoms with E-state index >= 15 is 0 Å². The quantitative estimate of drug-likeness (QED) is 0.591. The molecule has 4 nitrogen and oxygen atoms in total. The fraction of sp³-hybridized carbons (Fsp3) is 0.348. The second kappa shape index (κ2) is 9.70. The van der Waals surface area contributed by atoms with E-state index in [-0.39, 0.29) is 24.4 Å². The number of rotatable bonds is 6. The zero-order chi connectivity index (χ0) is 19.5. The van der Waals surface area contributed by atoms with Gasteiger partial charge in [-0.05, 0) is 37.4 Å². The molecular weight excluding hydrogens is 404 g/mol. The van der Waals surface area contributed by atoms with Crippen LogP contribution >= 0.6 is 24.2 Å². The van der Waals surface area contributed by atoms with Gasteiger partial charge >= 0.3 is 0 Å². The topological polar surface area (TPSA) is 59.5 Å². The van der Waals surface area contributed by atoms with Crippen molar-refractivity contribution in [2.45, 2.75) is 30.9 Å². The molecule has 1 amide bonds. The van der Waals surface area contributed by atoms with Gasteiger partial charge in [0.25, 0.3) is 5.91 Å². The molecule has 0 bridgehead atoms. The van der Waals surface area contributed by atoms with Gasteiger partial charge in [0, 0.05) is 35.0 Å². The van der Waals surface area contributed by atoms with E-state index in [1.807, 2.05) is 47.0 Å². The molecule has 2 heterocycles. The molecule has 29 heavy (non-hydrogen) atoms. The Hall–Kier alpha value is -1.95. The third-order valence-electron chi connectivity index (χ3n) is 5.51. The second-order valence-corrected chi connectivity index (χ2v) is 8.51. The number of fused-ring (bicyclic) bond motifs is 1. The lowest BCUT2D eigenvalue weighted by molar-refractivity contribution is 0.0712. The molecule has 2 unspecified atom stereocenters. The van der Waals surface area contributed by atoms with Gasteiger partial charge in [-0.3, -0.25) is 4.79 Å². The van der Waals surface area contributed by atoms with Crippen molar-refractivity contribution in [3.63, 3.8) is 0 Å². The number of halogens is 1. The first-order valence-corrected chi connectivity index (χ1v) is 11.0. The van der Waals surface area contributed by atoms with Crippen molar-refractivity contribution in [3.8, 4) is 0 Å². The van der Waals surface area contributed by atoms with Crippen LogP contribution in [0, 0.1) is 5.92 Å². The summed E-state index contributed by atoms with van der Waals surface area (Å²) in [4.78, 5) is 15.3. The normalized spacial score (nSPS) is 18.8. The number of thioether (sulfide) groups is 1. The average molecular weight is 431 g/mol. The lowest BCUT2D eigenvalue weighted by Gasteiger charge is -2.20. The Morgan fingerprint density at radius 3 is 2.59 bits per heavy atom. The molecule has 2 N–H and O–H groups in total. The third kappa shape index (κ3) is 4.63. The molecule has 1 saturated heterocycles. The summed E-state index contributed by atoms with van der Waals surface area (Å²) in [6.07, 6.45) is 0.959. The maximum atomic E-state index is 13.3. The highest BCUT2D eigenvalue weighted by atomic mass is 35.5. The highest BCUT2D eigenvalue weighted by Gasteiger charge is 2.35. The number of amides is 1. The Kier molecular flexibility index (Phi) is 7.28. The summed E-state index contributed by atoms with van der Waals surface area (Å²) < 4.78 is 6.06. The molecule has 0 saturated carbocycles. The number of nitrogens with zero attached hydrogens (tertiary/aromatic N) is 1. The standard InChI is InChI=1S/C23H26N2O2S.ClH/c1-16-11-18(12-24)13-25(16)23(26)22-20(19-9-5-6-10-21(19)27-22)15-28-14-17-7-3-2-4-8-17;/h2-10,16,18H,11-15,24H2,1H3;1H. The zero-order valence-electron chi connectivity index (χ0n) is 16.5. The number of hydrogen-bond acceptors (Lipinski definition) is 4. The van der Waals surface area contributed by atoms with Crippen molar-refractivity contribution in [3.05, 3.63) is 71.5 Å². The molecule has 154 valence electrons. The van der Waals surface area contributed by atoms with E-state index in [1.54, 1.807) is 0 Å². The monoisotopic (exact) mass is 430 g/mol. The van der Waals surface area contributed by atoms with Crippen LogP contribution in [-0.2, 0) is 11.5 Å². The average Bonchev–Trinajstić information content (AvgIpc) is 3.29. The van der Waals surface area contributed by atoms with E-state index in [0.717, 1.165) is 34.5 Å². The van der Waals surface area contributed by atoms with Crippen molar-refractivity contribution < 1.29 is 9.21 Å². The number of carbonyl (C=O) groups is 1. The minimum Gasteiger partial charge on any atom is -0.451 e. The number of furan rings is 1. The van der Waals surface area contributed by atoms with E-state index in [4.69, 9.17) is 10.2 Å². The van der Waals surface area contributed by atoms with E-state index in [0.29, 0.717) is 24.8 Å². The molecule has 1 aliphatic rings. The summed E-state index contributed by atoms with van der Waals surface area (Å²) >= 11 is 1.81. The van der Waals surface area contributed by atoms with Crippen LogP contribution < -0.4 is 5.73 Å². The maximum Gasteiger partial charge on any atom is 0.290 e. The minimum absolute atomic E-state index is 0. The van der Waals surface area contributed by atoms with Crippen LogP contribution in [0.15, 0.2) is 59.0 Å². The van der Waals surface area contributed by atoms with Gasteiger partial charge < -0.3 is 15.1 Å². The SMILES string of the molecule is CC1CC(CN)CN1C(=O)c1oc2ccccc2c1CSCc1ccccc1.Cl. The molecule has 3 aromatic rings. The molecule has 1 fully saturated rings. The van der Waals surface area contributed by atoms with Gasteiger partial charge in [-0.25, -0.2) is 0 Å². The number of hydrogen-bond donors (Lipinski definition) is 1. The van der Waals surface area contributed by atoms with Gasteiger partial charge in [0.05, 0.1) is 0 Å². The summed E-state index contributed by atoms with van der Waals surface area (Å²) in [5.74, 6) is 2.51. The Labute approximate surface area is 182 Å². The Morgan fingerprint density at radius 2 is 1.86 bits per heavy atom. The highest BCUT2D eigenvalue weighted by molar-refractivity contribution is 7.97. The lowest BCUT2D eigenvalue weighted by Crippen LogP contribution is -2.34. The van der Waals surface area contributed by atoms with E-state index in [9.17, 15) is 4.79 Å². The van der Waals surface area contributed by atoms with Gasteiger partial charge in [0.15, 0.2) is 5.76 Å². The molecule has 0 aliphatic carbocycles. The van der Waals surface area contributed by atoms with Crippen LogP contribution in [0.25, 0.3) is 11.0 Å². The van der Waals surface area contributed by atoms with Gasteiger partial charge in [0.1, 0.15) is 5.58 Å². The largest absolute Gasteiger partial charge is 0.451 e. The number of likely N-dealkylation sites (tertiary alicyclic amines) is 1. The van der Waals surface area contributed by atoms with Crippen molar-refractivity contribution in [1.82, 2.24) is 4.90 Å². The van der Waals surface area contributed by atoms with Crippen LogP contribution in [0.5, 0.6) is 0 Å². The number of benzene rings is 2. The van der Waals surface area contributed by atoms with Gasteiger partial charge in [-0.15, -0.1) is 12.4 Å². The van der Waals surface area contributed by atoms with Crippen molar-refractivity contribution in [2.75, 3.05) is 13.1 Å². The molecule has 0 spiro atoms. The molecule has 2 atom stereocenters. The summed E-state index contributed by atoms with van der Waals surface area (Å²) in [5.41, 5.74) is 8.91. The molecule has 1 aromatic heterocycles.